The Labute approximate surface area is 107 Å². The summed E-state index contributed by atoms with van der Waals surface area (Å²) in [6.45, 7) is 12.5. The summed E-state index contributed by atoms with van der Waals surface area (Å²) >= 11 is 0. The zero-order valence-corrected chi connectivity index (χ0v) is 12.6. The van der Waals surface area contributed by atoms with Gasteiger partial charge in [0.15, 0.2) is 0 Å². The first kappa shape index (κ1) is 22.0. The van der Waals surface area contributed by atoms with Crippen molar-refractivity contribution in [3.8, 4) is 0 Å². The molecular formula is C13H32FNO2. The largest absolute Gasteiger partial charge is 0.368 e. The predicted octanol–water partition coefficient (Wildman–Crippen LogP) is 2.67. The van der Waals surface area contributed by atoms with Gasteiger partial charge in [-0.05, 0) is 38.8 Å². The molecule has 1 heterocycles. The van der Waals surface area contributed by atoms with E-state index >= 15 is 0 Å². The van der Waals surface area contributed by atoms with Crippen molar-refractivity contribution in [3.05, 3.63) is 0 Å². The van der Waals surface area contributed by atoms with E-state index in [0.717, 1.165) is 0 Å². The molecule has 3 nitrogen and oxygen atoms in total. The molecule has 1 aliphatic heterocycles. The average molecular weight is 253 g/mol. The number of alkyl halides is 1. The molecule has 0 saturated carbocycles. The van der Waals surface area contributed by atoms with Crippen molar-refractivity contribution in [1.82, 2.24) is 4.90 Å². The van der Waals surface area contributed by atoms with E-state index in [9.17, 15) is 4.39 Å². The molecule has 0 radical (unpaired) electrons. The fraction of sp³-hybridized carbons (Fsp3) is 1.00. The first-order valence-electron chi connectivity index (χ1n) is 6.26. The zero-order valence-electron chi connectivity index (χ0n) is 12.6. The van der Waals surface area contributed by atoms with Gasteiger partial charge >= 0.3 is 0 Å². The molecule has 0 aromatic rings. The lowest BCUT2D eigenvalue weighted by atomic mass is 9.84. The molecule has 0 bridgehead atoms. The van der Waals surface area contributed by atoms with Crippen LogP contribution in [0.15, 0.2) is 0 Å². The third-order valence-corrected chi connectivity index (χ3v) is 2.09. The van der Waals surface area contributed by atoms with Crippen LogP contribution in [0, 0.1) is 5.41 Å². The maximum atomic E-state index is 9.50. The van der Waals surface area contributed by atoms with E-state index in [1.54, 1.807) is 0 Å². The van der Waals surface area contributed by atoms with Gasteiger partial charge in [-0.2, -0.15) is 0 Å². The quantitative estimate of drug-likeness (QED) is 0.652. The molecule has 1 fully saturated rings. The topological polar surface area (TPSA) is 43.7 Å². The molecule has 17 heavy (non-hydrogen) atoms. The molecule has 0 unspecified atom stereocenters. The highest BCUT2D eigenvalue weighted by Crippen LogP contribution is 2.26. The summed E-state index contributed by atoms with van der Waals surface area (Å²) in [5, 5.41) is 15.2. The van der Waals surface area contributed by atoms with Crippen molar-refractivity contribution >= 4 is 0 Å². The van der Waals surface area contributed by atoms with Crippen LogP contribution in [-0.4, -0.2) is 48.7 Å². The van der Waals surface area contributed by atoms with Crippen LogP contribution >= 0.6 is 0 Å². The van der Waals surface area contributed by atoms with Crippen LogP contribution in [0.5, 0.6) is 0 Å². The number of hydrogen-bond donors (Lipinski definition) is 2. The number of likely N-dealkylation sites (tertiary alicyclic amines) is 1. The highest BCUT2D eigenvalue weighted by molar-refractivity contribution is 4.77. The summed E-state index contributed by atoms with van der Waals surface area (Å²) in [5.74, 6) is 0. The van der Waals surface area contributed by atoms with Crippen LogP contribution in [0.2, 0.25) is 0 Å². The van der Waals surface area contributed by atoms with Gasteiger partial charge < -0.3 is 15.1 Å². The number of halogens is 1. The minimum absolute atomic E-state index is 0.500. The van der Waals surface area contributed by atoms with Crippen LogP contribution in [0.25, 0.3) is 0 Å². The van der Waals surface area contributed by atoms with Gasteiger partial charge in [-0.25, -0.2) is 0 Å². The minimum Gasteiger partial charge on any atom is -0.368 e. The third kappa shape index (κ3) is 21.6. The van der Waals surface area contributed by atoms with Gasteiger partial charge in [-0.15, -0.1) is 0 Å². The van der Waals surface area contributed by atoms with E-state index in [1.165, 1.54) is 32.9 Å². The Bertz CT molecular complexity index is 139. The van der Waals surface area contributed by atoms with Gasteiger partial charge in [0.2, 0.25) is 0 Å². The lowest BCUT2D eigenvalue weighted by Crippen LogP contribution is -2.37. The van der Waals surface area contributed by atoms with Crippen LogP contribution in [0.3, 0.4) is 0 Å². The highest BCUT2D eigenvalue weighted by atomic mass is 19.1. The Morgan fingerprint density at radius 1 is 1.18 bits per heavy atom. The molecule has 0 aromatic carbocycles. The lowest BCUT2D eigenvalue weighted by molar-refractivity contribution is -0.0228. The second-order valence-electron chi connectivity index (χ2n) is 4.64. The molecule has 0 aliphatic carbocycles. The van der Waals surface area contributed by atoms with Crippen LogP contribution in [0.4, 0.5) is 4.39 Å². The monoisotopic (exact) mass is 253 g/mol. The summed E-state index contributed by atoms with van der Waals surface area (Å²) in [6, 6.07) is 0. The molecule has 4 heteroatoms. The number of aliphatic hydroxyl groups is 2. The van der Waals surface area contributed by atoms with Crippen LogP contribution < -0.4 is 0 Å². The standard InChI is InChI=1S/C8H17N.C2H6O2.C2H6.CH3F/c1-8(2)5-4-6-9(3)7-8;1-2(3)4;2*1-2/h4-7H2,1-3H3;2-4H,1H3;1-2H3;1H3. The highest BCUT2D eigenvalue weighted by Gasteiger charge is 2.23. The summed E-state index contributed by atoms with van der Waals surface area (Å²) in [5.41, 5.74) is 0.576. The number of nitrogens with zero attached hydrogens (tertiary/aromatic N) is 1. The second-order valence-corrected chi connectivity index (χ2v) is 4.64. The van der Waals surface area contributed by atoms with Crippen molar-refractivity contribution in [3.63, 3.8) is 0 Å². The third-order valence-electron chi connectivity index (χ3n) is 2.09. The Morgan fingerprint density at radius 2 is 1.53 bits per heavy atom. The molecule has 1 saturated heterocycles. The molecule has 0 spiro atoms. The number of piperidine rings is 1. The van der Waals surface area contributed by atoms with Crippen molar-refractivity contribution < 1.29 is 14.6 Å². The van der Waals surface area contributed by atoms with Gasteiger partial charge in [0.05, 0.1) is 7.18 Å². The summed E-state index contributed by atoms with van der Waals surface area (Å²) in [7, 11) is 2.71. The van der Waals surface area contributed by atoms with Gasteiger partial charge in [0.1, 0.15) is 6.29 Å². The summed E-state index contributed by atoms with van der Waals surface area (Å²) < 4.78 is 9.50. The lowest BCUT2D eigenvalue weighted by Gasteiger charge is -2.35. The summed E-state index contributed by atoms with van der Waals surface area (Å²) in [6.07, 6.45) is 1.61. The second kappa shape index (κ2) is 13.9. The van der Waals surface area contributed by atoms with E-state index < -0.39 is 6.29 Å². The molecule has 2 N–H and O–H groups in total. The minimum atomic E-state index is -1.17. The van der Waals surface area contributed by atoms with E-state index in [-0.39, 0.29) is 0 Å². The predicted molar refractivity (Wildman–Crippen MR) is 72.8 cm³/mol. The van der Waals surface area contributed by atoms with Crippen molar-refractivity contribution in [1.29, 1.82) is 0 Å². The first-order valence-corrected chi connectivity index (χ1v) is 6.26. The van der Waals surface area contributed by atoms with Gasteiger partial charge in [0, 0.05) is 6.54 Å². The molecule has 1 aliphatic rings. The van der Waals surface area contributed by atoms with Gasteiger partial charge in [-0.1, -0.05) is 27.7 Å². The van der Waals surface area contributed by atoms with Crippen LogP contribution in [-0.2, 0) is 0 Å². The number of rotatable bonds is 0. The van der Waals surface area contributed by atoms with E-state index in [0.29, 0.717) is 12.6 Å². The molecule has 0 atom stereocenters. The Hall–Kier alpha value is -0.190. The number of aliphatic hydroxyl groups excluding tert-OH is 1. The normalized spacial score (nSPS) is 17.8. The fourth-order valence-corrected chi connectivity index (χ4v) is 1.72. The SMILES string of the molecule is CC.CC(O)O.CF.CN1CCCC(C)(C)C1. The maximum absolute atomic E-state index is 9.50. The maximum Gasteiger partial charge on any atom is 0.148 e. The molecule has 1 rings (SSSR count). The smallest absolute Gasteiger partial charge is 0.148 e. The Kier molecular flexibility index (Phi) is 18.0. The van der Waals surface area contributed by atoms with Gasteiger partial charge in [-0.3, -0.25) is 4.39 Å². The number of hydrogen-bond acceptors (Lipinski definition) is 3. The average Bonchev–Trinajstić information content (AvgIpc) is 2.21. The Morgan fingerprint density at radius 3 is 1.71 bits per heavy atom. The Balaban J connectivity index is -0.000000208. The molecule has 108 valence electrons. The van der Waals surface area contributed by atoms with Crippen molar-refractivity contribution in [2.45, 2.75) is 53.8 Å². The molecule has 0 amide bonds. The van der Waals surface area contributed by atoms with Gasteiger partial charge in [0.25, 0.3) is 0 Å². The molecular weight excluding hydrogens is 221 g/mol. The van der Waals surface area contributed by atoms with Crippen LogP contribution in [0.1, 0.15) is 47.5 Å². The fourth-order valence-electron chi connectivity index (χ4n) is 1.72. The van der Waals surface area contributed by atoms with Crippen molar-refractivity contribution in [2.24, 2.45) is 5.41 Å². The van der Waals surface area contributed by atoms with E-state index in [2.05, 4.69) is 25.8 Å². The summed E-state index contributed by atoms with van der Waals surface area (Å²) in [4.78, 5) is 2.42. The first-order chi connectivity index (χ1) is 7.83. The van der Waals surface area contributed by atoms with E-state index in [4.69, 9.17) is 10.2 Å². The molecule has 0 aromatic heterocycles. The van der Waals surface area contributed by atoms with Crippen molar-refractivity contribution in [2.75, 3.05) is 27.3 Å². The zero-order chi connectivity index (χ0) is 14.5. The van der Waals surface area contributed by atoms with E-state index in [1.807, 2.05) is 13.8 Å².